The first-order chi connectivity index (χ1) is 5.60. The van der Waals surface area contributed by atoms with Crippen molar-refractivity contribution in [2.45, 2.75) is 12.5 Å². The van der Waals surface area contributed by atoms with Crippen LogP contribution in [0.15, 0.2) is 24.3 Å². The summed E-state index contributed by atoms with van der Waals surface area (Å²) in [7, 11) is 1.59. The van der Waals surface area contributed by atoms with Gasteiger partial charge < -0.3 is 4.74 Å². The zero-order valence-corrected chi connectivity index (χ0v) is 8.04. The smallest absolute Gasteiger partial charge is 0.196 e. The molecule has 1 rings (SSSR count). The molecule has 1 aliphatic carbocycles. The van der Waals surface area contributed by atoms with Gasteiger partial charge in [0.2, 0.25) is 0 Å². The normalized spacial score (nSPS) is 33.8. The van der Waals surface area contributed by atoms with Crippen molar-refractivity contribution in [2.75, 3.05) is 7.11 Å². The van der Waals surface area contributed by atoms with E-state index in [0.29, 0.717) is 0 Å². The van der Waals surface area contributed by atoms with Gasteiger partial charge in [0.1, 0.15) is 0 Å². The molecule has 2 unspecified atom stereocenters. The van der Waals surface area contributed by atoms with Crippen LogP contribution in [0.3, 0.4) is 0 Å². The number of rotatable bonds is 2. The number of ether oxygens (including phenoxy) is 1. The van der Waals surface area contributed by atoms with Crippen LogP contribution in [0.1, 0.15) is 6.92 Å². The van der Waals surface area contributed by atoms with Crippen LogP contribution in [-0.4, -0.2) is 17.8 Å². The third-order valence-electron chi connectivity index (χ3n) is 2.17. The van der Waals surface area contributed by atoms with E-state index >= 15 is 0 Å². The van der Waals surface area contributed by atoms with Crippen LogP contribution >= 0.6 is 12.6 Å². The molecule has 0 radical (unpaired) electrons. The molecule has 0 N–H and O–H groups in total. The lowest BCUT2D eigenvalue weighted by Crippen LogP contribution is -2.38. The number of thiol groups is 1. The maximum absolute atomic E-state index is 11.1. The van der Waals surface area contributed by atoms with Crippen LogP contribution in [0.4, 0.5) is 0 Å². The summed E-state index contributed by atoms with van der Waals surface area (Å²) in [6.07, 6.45) is 7.38. The molecule has 3 heteroatoms. The molecule has 0 saturated carbocycles. The fraction of sp³-hybridized carbons (Fsp3) is 0.444. The molecule has 0 aliphatic heterocycles. The maximum Gasteiger partial charge on any atom is 0.196 e. The van der Waals surface area contributed by atoms with E-state index in [-0.39, 0.29) is 11.0 Å². The third kappa shape index (κ3) is 1.62. The van der Waals surface area contributed by atoms with Crippen LogP contribution < -0.4 is 0 Å². The molecule has 66 valence electrons. The summed E-state index contributed by atoms with van der Waals surface area (Å²) in [5.74, 6) is -0.282. The van der Waals surface area contributed by atoms with Gasteiger partial charge in [0.05, 0.1) is 11.5 Å². The van der Waals surface area contributed by atoms with E-state index in [9.17, 15) is 4.79 Å². The van der Waals surface area contributed by atoms with Gasteiger partial charge in [-0.3, -0.25) is 4.79 Å². The zero-order chi connectivity index (χ0) is 9.19. The fourth-order valence-electron chi connectivity index (χ4n) is 1.24. The minimum atomic E-state index is -0.534. The van der Waals surface area contributed by atoms with Crippen LogP contribution in [0.2, 0.25) is 0 Å². The van der Waals surface area contributed by atoms with Crippen molar-refractivity contribution in [3.63, 3.8) is 0 Å². The first-order valence-corrected chi connectivity index (χ1v) is 4.19. The first kappa shape index (κ1) is 9.55. The second kappa shape index (κ2) is 3.46. The highest BCUT2D eigenvalue weighted by molar-refractivity contribution is 7.96. The Hall–Kier alpha value is -0.540. The lowest BCUT2D eigenvalue weighted by atomic mass is 9.86. The summed E-state index contributed by atoms with van der Waals surface area (Å²) in [5.41, 5.74) is -0.534. The van der Waals surface area contributed by atoms with E-state index < -0.39 is 5.60 Å². The van der Waals surface area contributed by atoms with Crippen molar-refractivity contribution in [3.8, 4) is 0 Å². The largest absolute Gasteiger partial charge is 0.373 e. The summed E-state index contributed by atoms with van der Waals surface area (Å²) < 4.78 is 5.24. The molecule has 2 atom stereocenters. The number of carbonyl (C=O) groups excluding carboxylic acids is 1. The Kier molecular flexibility index (Phi) is 2.75. The maximum atomic E-state index is 11.1. The van der Waals surface area contributed by atoms with Crippen molar-refractivity contribution < 1.29 is 9.53 Å². The Balaban J connectivity index is 2.92. The molecule has 0 aromatic rings. The van der Waals surface area contributed by atoms with Crippen LogP contribution in [0, 0.1) is 5.92 Å². The monoisotopic (exact) mass is 184 g/mol. The Morgan fingerprint density at radius 3 is 2.67 bits per heavy atom. The molecule has 0 spiro atoms. The summed E-state index contributed by atoms with van der Waals surface area (Å²) >= 11 is 3.80. The van der Waals surface area contributed by atoms with Gasteiger partial charge in [-0.05, 0) is 6.92 Å². The highest BCUT2D eigenvalue weighted by atomic mass is 32.1. The molecule has 2 nitrogen and oxygen atoms in total. The highest BCUT2D eigenvalue weighted by Gasteiger charge is 2.34. The average molecular weight is 184 g/mol. The first-order valence-electron chi connectivity index (χ1n) is 3.74. The van der Waals surface area contributed by atoms with Crippen molar-refractivity contribution >= 4 is 17.7 Å². The van der Waals surface area contributed by atoms with Crippen molar-refractivity contribution in [1.82, 2.24) is 0 Å². The predicted octanol–water partition coefficient (Wildman–Crippen LogP) is 1.59. The van der Waals surface area contributed by atoms with Gasteiger partial charge in [0, 0.05) is 7.11 Å². The van der Waals surface area contributed by atoms with E-state index in [4.69, 9.17) is 4.74 Å². The second-order valence-electron chi connectivity index (χ2n) is 2.95. The molecule has 1 aliphatic rings. The van der Waals surface area contributed by atoms with E-state index in [1.54, 1.807) is 13.2 Å². The van der Waals surface area contributed by atoms with E-state index in [0.717, 1.165) is 0 Å². The van der Waals surface area contributed by atoms with Gasteiger partial charge in [-0.15, -0.1) is 12.6 Å². The lowest BCUT2D eigenvalue weighted by molar-refractivity contribution is -0.118. The van der Waals surface area contributed by atoms with Crippen LogP contribution in [0.5, 0.6) is 0 Å². The van der Waals surface area contributed by atoms with Crippen LogP contribution in [-0.2, 0) is 9.53 Å². The molecule has 0 fully saturated rings. The number of allylic oxidation sites excluding steroid dienone is 2. The Labute approximate surface area is 77.7 Å². The third-order valence-corrected chi connectivity index (χ3v) is 2.44. The Morgan fingerprint density at radius 2 is 2.25 bits per heavy atom. The molecular formula is C9H12O2S. The number of hydrogen-bond donors (Lipinski definition) is 1. The number of hydrogen-bond acceptors (Lipinski definition) is 2. The quantitative estimate of drug-likeness (QED) is 0.660. The SMILES string of the molecule is COC1(C)C=CC=CC1C(=O)S. The summed E-state index contributed by atoms with van der Waals surface area (Å²) in [5, 5.41) is -0.167. The molecular weight excluding hydrogens is 172 g/mol. The molecule has 0 heterocycles. The average Bonchev–Trinajstić information content (AvgIpc) is 2.05. The van der Waals surface area contributed by atoms with Gasteiger partial charge in [0.15, 0.2) is 5.12 Å². The van der Waals surface area contributed by atoms with Crippen molar-refractivity contribution in [2.24, 2.45) is 5.92 Å². The van der Waals surface area contributed by atoms with Gasteiger partial charge in [-0.2, -0.15) is 0 Å². The van der Waals surface area contributed by atoms with Crippen LogP contribution in [0.25, 0.3) is 0 Å². The van der Waals surface area contributed by atoms with Gasteiger partial charge >= 0.3 is 0 Å². The fourth-order valence-corrected chi connectivity index (χ4v) is 1.58. The zero-order valence-electron chi connectivity index (χ0n) is 7.15. The minimum Gasteiger partial charge on any atom is -0.373 e. The van der Waals surface area contributed by atoms with Crippen molar-refractivity contribution in [1.29, 1.82) is 0 Å². The van der Waals surface area contributed by atoms with Crippen molar-refractivity contribution in [3.05, 3.63) is 24.3 Å². The van der Waals surface area contributed by atoms with Gasteiger partial charge in [-0.1, -0.05) is 24.3 Å². The molecule has 0 saturated heterocycles. The number of carbonyl (C=O) groups is 1. The summed E-state index contributed by atoms with van der Waals surface area (Å²) in [4.78, 5) is 11.1. The molecule has 0 aromatic heterocycles. The molecule has 0 aromatic carbocycles. The Morgan fingerprint density at radius 1 is 1.58 bits per heavy atom. The second-order valence-corrected chi connectivity index (χ2v) is 3.39. The van der Waals surface area contributed by atoms with E-state index in [1.807, 2.05) is 25.2 Å². The molecule has 0 bridgehead atoms. The minimum absolute atomic E-state index is 0.167. The van der Waals surface area contributed by atoms with E-state index in [1.165, 1.54) is 0 Å². The summed E-state index contributed by atoms with van der Waals surface area (Å²) in [6.45, 7) is 1.87. The van der Waals surface area contributed by atoms with E-state index in [2.05, 4.69) is 12.6 Å². The van der Waals surface area contributed by atoms with Gasteiger partial charge in [-0.25, -0.2) is 0 Å². The Bertz CT molecular complexity index is 245. The van der Waals surface area contributed by atoms with Gasteiger partial charge in [0.25, 0.3) is 0 Å². The molecule has 0 amide bonds. The molecule has 12 heavy (non-hydrogen) atoms. The number of methoxy groups -OCH3 is 1. The predicted molar refractivity (Wildman–Crippen MR) is 51.2 cm³/mol. The highest BCUT2D eigenvalue weighted by Crippen LogP contribution is 2.28. The topological polar surface area (TPSA) is 26.3 Å². The lowest BCUT2D eigenvalue weighted by Gasteiger charge is -2.31. The standard InChI is InChI=1S/C9H12O2S/c1-9(11-2)6-4-3-5-7(9)8(10)12/h3-7H,1-2H3,(H,10,12). The summed E-state index contributed by atoms with van der Waals surface area (Å²) in [6, 6.07) is 0.